The molecule has 2 bridgehead atoms. The van der Waals surface area contributed by atoms with Crippen molar-refractivity contribution in [3.63, 3.8) is 0 Å². The summed E-state index contributed by atoms with van der Waals surface area (Å²) in [5.41, 5.74) is 7.43. The number of nitrogens with two attached hydrogens (primary N) is 1. The van der Waals surface area contributed by atoms with E-state index in [1.54, 1.807) is 6.33 Å². The first-order valence-corrected chi connectivity index (χ1v) is 7.93. The van der Waals surface area contributed by atoms with E-state index in [1.807, 2.05) is 4.57 Å². The van der Waals surface area contributed by atoms with Crippen molar-refractivity contribution < 1.29 is 9.84 Å². The average molecular weight is 303 g/mol. The average Bonchev–Trinajstić information content (AvgIpc) is 3.22. The molecular formula is C15H21N5O2. The molecule has 0 aliphatic heterocycles. The van der Waals surface area contributed by atoms with Crippen molar-refractivity contribution in [3.05, 3.63) is 12.2 Å². The van der Waals surface area contributed by atoms with Gasteiger partial charge in [-0.15, -0.1) is 0 Å². The van der Waals surface area contributed by atoms with Gasteiger partial charge in [-0.1, -0.05) is 6.42 Å². The topological polar surface area (TPSA) is 99.1 Å². The largest absolute Gasteiger partial charge is 0.394 e. The summed E-state index contributed by atoms with van der Waals surface area (Å²) < 4.78 is 7.18. The van der Waals surface area contributed by atoms with Crippen LogP contribution in [0.25, 0.3) is 11.2 Å². The number of imidazole rings is 1. The summed E-state index contributed by atoms with van der Waals surface area (Å²) in [6.07, 6.45) is 6.80. The van der Waals surface area contributed by atoms with E-state index in [1.165, 1.54) is 25.7 Å². The van der Waals surface area contributed by atoms with Gasteiger partial charge in [-0.25, -0.2) is 15.0 Å². The van der Waals surface area contributed by atoms with Gasteiger partial charge in [0.2, 0.25) is 0 Å². The molecule has 22 heavy (non-hydrogen) atoms. The molecule has 3 unspecified atom stereocenters. The molecule has 0 aromatic carbocycles. The van der Waals surface area contributed by atoms with Crippen LogP contribution in [0.1, 0.15) is 37.4 Å². The number of aliphatic hydroxyl groups is 1. The number of rotatable bonds is 5. The summed E-state index contributed by atoms with van der Waals surface area (Å²) >= 11 is 0. The Labute approximate surface area is 128 Å². The maximum Gasteiger partial charge on any atom is 0.167 e. The van der Waals surface area contributed by atoms with Gasteiger partial charge >= 0.3 is 0 Å². The Bertz CT molecular complexity index is 686. The number of nitrogens with zero attached hydrogens (tertiary/aromatic N) is 4. The van der Waals surface area contributed by atoms with Crippen LogP contribution in [-0.4, -0.2) is 37.8 Å². The third-order valence-corrected chi connectivity index (χ3v) is 5.04. The van der Waals surface area contributed by atoms with E-state index in [0.29, 0.717) is 36.5 Å². The lowest BCUT2D eigenvalue weighted by atomic mass is 9.88. The Balaban J connectivity index is 1.66. The molecule has 3 atom stereocenters. The highest BCUT2D eigenvalue weighted by Crippen LogP contribution is 2.52. The van der Waals surface area contributed by atoms with Crippen LogP contribution in [0, 0.1) is 11.8 Å². The number of hydrogen-bond acceptors (Lipinski definition) is 6. The molecule has 2 heterocycles. The third-order valence-electron chi connectivity index (χ3n) is 5.04. The molecule has 2 aromatic heterocycles. The first-order chi connectivity index (χ1) is 10.8. The number of anilines is 1. The van der Waals surface area contributed by atoms with Gasteiger partial charge in [0.25, 0.3) is 0 Å². The molecule has 2 aliphatic rings. The highest BCUT2D eigenvalue weighted by Gasteiger charge is 2.41. The Hall–Kier alpha value is -1.73. The van der Waals surface area contributed by atoms with Crippen molar-refractivity contribution in [2.24, 2.45) is 11.8 Å². The van der Waals surface area contributed by atoms with Crippen molar-refractivity contribution in [2.45, 2.75) is 38.3 Å². The number of aliphatic hydroxyl groups excluding tert-OH is 1. The van der Waals surface area contributed by atoms with Gasteiger partial charge in [0, 0.05) is 5.92 Å². The van der Waals surface area contributed by atoms with E-state index in [9.17, 15) is 0 Å². The van der Waals surface area contributed by atoms with Gasteiger partial charge in [-0.3, -0.25) is 4.57 Å². The fourth-order valence-electron chi connectivity index (χ4n) is 4.03. The van der Waals surface area contributed by atoms with Crippen LogP contribution in [0.15, 0.2) is 6.33 Å². The normalized spacial score (nSPS) is 27.0. The highest BCUT2D eigenvalue weighted by atomic mass is 16.5. The molecule has 0 amide bonds. The smallest absolute Gasteiger partial charge is 0.167 e. The summed E-state index contributed by atoms with van der Waals surface area (Å²) in [7, 11) is 0. The molecule has 2 saturated carbocycles. The number of aromatic nitrogens is 4. The van der Waals surface area contributed by atoms with Crippen LogP contribution in [0.2, 0.25) is 0 Å². The van der Waals surface area contributed by atoms with Gasteiger partial charge in [0.05, 0.1) is 19.5 Å². The van der Waals surface area contributed by atoms with Crippen molar-refractivity contribution in [1.29, 1.82) is 0 Å². The first-order valence-electron chi connectivity index (χ1n) is 7.93. The summed E-state index contributed by atoms with van der Waals surface area (Å²) in [5, 5.41) is 8.80. The number of fused-ring (bicyclic) bond motifs is 3. The van der Waals surface area contributed by atoms with Crippen LogP contribution < -0.4 is 5.73 Å². The minimum absolute atomic E-state index is 0.000144. The molecule has 0 radical (unpaired) electrons. The number of ether oxygens (including phenoxy) is 1. The second kappa shape index (κ2) is 5.48. The Kier molecular flexibility index (Phi) is 3.46. The van der Waals surface area contributed by atoms with Gasteiger partial charge in [0.15, 0.2) is 11.5 Å². The second-order valence-corrected chi connectivity index (χ2v) is 6.40. The van der Waals surface area contributed by atoms with E-state index in [2.05, 4.69) is 9.97 Å². The number of nitrogen functional groups attached to an aromatic ring is 1. The molecule has 0 spiro atoms. The minimum Gasteiger partial charge on any atom is -0.394 e. The lowest BCUT2D eigenvalue weighted by Crippen LogP contribution is -2.14. The van der Waals surface area contributed by atoms with Crippen molar-refractivity contribution >= 4 is 17.0 Å². The fourth-order valence-corrected chi connectivity index (χ4v) is 4.03. The van der Waals surface area contributed by atoms with Crippen LogP contribution in [0.4, 0.5) is 5.82 Å². The number of hydrogen-bond donors (Lipinski definition) is 2. The molecule has 2 fully saturated rings. The van der Waals surface area contributed by atoms with Crippen LogP contribution in [0.3, 0.4) is 0 Å². The van der Waals surface area contributed by atoms with Crippen LogP contribution in [0.5, 0.6) is 0 Å². The molecule has 0 saturated heterocycles. The Morgan fingerprint density at radius 2 is 2.23 bits per heavy atom. The molecule has 7 nitrogen and oxygen atoms in total. The van der Waals surface area contributed by atoms with E-state index in [4.69, 9.17) is 20.6 Å². The molecule has 4 rings (SSSR count). The minimum atomic E-state index is 0.000144. The Morgan fingerprint density at radius 1 is 1.32 bits per heavy atom. The molecule has 3 N–H and O–H groups in total. The third kappa shape index (κ3) is 2.24. The predicted octanol–water partition coefficient (Wildman–Crippen LogP) is 1.28. The summed E-state index contributed by atoms with van der Waals surface area (Å²) in [4.78, 5) is 13.5. The van der Waals surface area contributed by atoms with Crippen LogP contribution >= 0.6 is 0 Å². The maximum atomic E-state index is 8.80. The molecular weight excluding hydrogens is 282 g/mol. The molecule has 2 aliphatic carbocycles. The van der Waals surface area contributed by atoms with Gasteiger partial charge in [-0.05, 0) is 31.1 Å². The van der Waals surface area contributed by atoms with Gasteiger partial charge < -0.3 is 15.6 Å². The van der Waals surface area contributed by atoms with Crippen LogP contribution in [-0.2, 0) is 11.5 Å². The lowest BCUT2D eigenvalue weighted by molar-refractivity contribution is 0.0499. The molecule has 7 heteroatoms. The van der Waals surface area contributed by atoms with Crippen molar-refractivity contribution in [2.75, 3.05) is 18.9 Å². The van der Waals surface area contributed by atoms with Crippen molar-refractivity contribution in [1.82, 2.24) is 19.5 Å². The standard InChI is InChI=1S/C15H21N5O2/c16-13-12-15(20(7-17-12)8-22-4-3-21)19-14(18-13)11-6-9-1-2-10(11)5-9/h7,9-11,21H,1-6,8H2,(H2,16,18,19). The summed E-state index contributed by atoms with van der Waals surface area (Å²) in [6, 6.07) is 0. The quantitative estimate of drug-likeness (QED) is 0.807. The maximum absolute atomic E-state index is 8.80. The van der Waals surface area contributed by atoms with E-state index in [-0.39, 0.29) is 6.61 Å². The monoisotopic (exact) mass is 303 g/mol. The lowest BCUT2D eigenvalue weighted by Gasteiger charge is -2.20. The Morgan fingerprint density at radius 3 is 2.95 bits per heavy atom. The summed E-state index contributed by atoms with van der Waals surface area (Å²) in [6.45, 7) is 0.600. The zero-order chi connectivity index (χ0) is 15.1. The SMILES string of the molecule is Nc1nc(C2CC3CCC2C3)nc2c1ncn2COCCO. The highest BCUT2D eigenvalue weighted by molar-refractivity contribution is 5.81. The van der Waals surface area contributed by atoms with E-state index < -0.39 is 0 Å². The van der Waals surface area contributed by atoms with Gasteiger partial charge in [-0.2, -0.15) is 0 Å². The molecule has 2 aromatic rings. The predicted molar refractivity (Wildman–Crippen MR) is 81.0 cm³/mol. The van der Waals surface area contributed by atoms with Gasteiger partial charge in [0.1, 0.15) is 18.1 Å². The van der Waals surface area contributed by atoms with Crippen molar-refractivity contribution in [3.8, 4) is 0 Å². The second-order valence-electron chi connectivity index (χ2n) is 6.40. The fraction of sp³-hybridized carbons (Fsp3) is 0.667. The zero-order valence-electron chi connectivity index (χ0n) is 12.5. The van der Waals surface area contributed by atoms with E-state index in [0.717, 1.165) is 17.4 Å². The molecule has 118 valence electrons. The van der Waals surface area contributed by atoms with E-state index >= 15 is 0 Å². The zero-order valence-corrected chi connectivity index (χ0v) is 12.5. The summed E-state index contributed by atoms with van der Waals surface area (Å²) in [5.74, 6) is 3.30. The first kappa shape index (κ1) is 13.9.